The molecule has 9 heteroatoms. The van der Waals surface area contributed by atoms with E-state index >= 15 is 0 Å². The number of benzene rings is 2. The number of rotatable bonds is 5. The number of methoxy groups -OCH3 is 1. The van der Waals surface area contributed by atoms with Crippen LogP contribution in [0.1, 0.15) is 15.9 Å². The van der Waals surface area contributed by atoms with Crippen LogP contribution < -0.4 is 10.2 Å². The van der Waals surface area contributed by atoms with E-state index in [0.29, 0.717) is 15.8 Å². The number of phenols is 1. The van der Waals surface area contributed by atoms with Crippen LogP contribution in [-0.4, -0.2) is 29.3 Å². The molecule has 2 N–H and O–H groups in total. The number of nitro groups is 1. The van der Waals surface area contributed by atoms with Crippen molar-refractivity contribution < 1.29 is 19.6 Å². The zero-order valence-electron chi connectivity index (χ0n) is 12.4. The van der Waals surface area contributed by atoms with Gasteiger partial charge in [0.05, 0.1) is 22.7 Å². The number of nitrogens with one attached hydrogen (secondary N) is 1. The van der Waals surface area contributed by atoms with Gasteiger partial charge in [0.1, 0.15) is 17.1 Å². The maximum atomic E-state index is 12.0. The summed E-state index contributed by atoms with van der Waals surface area (Å²) in [6.07, 6.45) is 1.20. The van der Waals surface area contributed by atoms with Crippen LogP contribution >= 0.6 is 15.9 Å². The second-order valence-electron chi connectivity index (χ2n) is 4.52. The topological polar surface area (TPSA) is 114 Å². The molecule has 0 bridgehead atoms. The Morgan fingerprint density at radius 1 is 1.42 bits per heavy atom. The van der Waals surface area contributed by atoms with Gasteiger partial charge in [-0.2, -0.15) is 5.10 Å². The van der Waals surface area contributed by atoms with Crippen LogP contribution in [0, 0.1) is 10.1 Å². The van der Waals surface area contributed by atoms with Gasteiger partial charge in [-0.25, -0.2) is 5.43 Å². The van der Waals surface area contributed by atoms with Crippen LogP contribution in [0.5, 0.6) is 11.5 Å². The van der Waals surface area contributed by atoms with Gasteiger partial charge in [-0.05, 0) is 34.1 Å². The molecular formula is C15H12BrN3O5. The zero-order chi connectivity index (χ0) is 17.7. The summed E-state index contributed by atoms with van der Waals surface area (Å²) < 4.78 is 5.46. The number of halogens is 1. The fourth-order valence-corrected chi connectivity index (χ4v) is 2.31. The lowest BCUT2D eigenvalue weighted by Gasteiger charge is -2.06. The molecule has 0 spiro atoms. The lowest BCUT2D eigenvalue weighted by molar-refractivity contribution is -0.385. The average molecular weight is 394 g/mol. The Labute approximate surface area is 145 Å². The van der Waals surface area contributed by atoms with E-state index in [9.17, 15) is 20.0 Å². The molecule has 0 saturated carbocycles. The third kappa shape index (κ3) is 3.87. The number of nitrogens with zero attached hydrogens (tertiary/aromatic N) is 2. The molecule has 0 saturated heterocycles. The van der Waals surface area contributed by atoms with E-state index in [4.69, 9.17) is 4.74 Å². The number of amides is 1. The minimum absolute atomic E-state index is 0.0838. The van der Waals surface area contributed by atoms with Crippen molar-refractivity contribution in [2.45, 2.75) is 0 Å². The van der Waals surface area contributed by atoms with Crippen molar-refractivity contribution in [3.05, 3.63) is 62.1 Å². The Kier molecular flexibility index (Phi) is 5.48. The molecule has 1 amide bonds. The summed E-state index contributed by atoms with van der Waals surface area (Å²) >= 11 is 3.17. The third-order valence-electron chi connectivity index (χ3n) is 3.02. The Hall–Kier alpha value is -2.94. The number of carbonyl (C=O) groups is 1. The predicted molar refractivity (Wildman–Crippen MR) is 90.5 cm³/mol. The van der Waals surface area contributed by atoms with Crippen molar-refractivity contribution >= 4 is 33.7 Å². The molecule has 0 aliphatic heterocycles. The second-order valence-corrected chi connectivity index (χ2v) is 5.37. The van der Waals surface area contributed by atoms with Gasteiger partial charge < -0.3 is 9.84 Å². The number of hydrogen-bond donors (Lipinski definition) is 2. The molecule has 24 heavy (non-hydrogen) atoms. The lowest BCUT2D eigenvalue weighted by Crippen LogP contribution is -2.18. The van der Waals surface area contributed by atoms with E-state index in [1.165, 1.54) is 43.7 Å². The summed E-state index contributed by atoms with van der Waals surface area (Å²) in [5, 5.41) is 24.5. The molecular weight excluding hydrogens is 382 g/mol. The molecule has 0 atom stereocenters. The van der Waals surface area contributed by atoms with Crippen LogP contribution in [0.15, 0.2) is 46.0 Å². The fourth-order valence-electron chi connectivity index (χ4n) is 1.86. The van der Waals surface area contributed by atoms with Gasteiger partial charge in [-0.1, -0.05) is 12.1 Å². The first kappa shape index (κ1) is 17.4. The predicted octanol–water partition coefficient (Wildman–Crippen LogP) is 2.84. The fraction of sp³-hybridized carbons (Fsp3) is 0.0667. The molecule has 2 rings (SSSR count). The Morgan fingerprint density at radius 3 is 2.79 bits per heavy atom. The second kappa shape index (κ2) is 7.55. The molecule has 0 fully saturated rings. The number of hydrazone groups is 1. The number of carbonyl (C=O) groups excluding carboxylic acids is 1. The van der Waals surface area contributed by atoms with Crippen LogP contribution in [-0.2, 0) is 0 Å². The minimum Gasteiger partial charge on any atom is -0.506 e. The summed E-state index contributed by atoms with van der Waals surface area (Å²) in [6, 6.07) is 8.60. The third-order valence-corrected chi connectivity index (χ3v) is 3.62. The summed E-state index contributed by atoms with van der Waals surface area (Å²) in [7, 11) is 1.47. The summed E-state index contributed by atoms with van der Waals surface area (Å²) in [4.78, 5) is 22.3. The van der Waals surface area contributed by atoms with Gasteiger partial charge >= 0.3 is 0 Å². The monoisotopic (exact) mass is 393 g/mol. The number of para-hydroxylation sites is 1. The summed E-state index contributed by atoms with van der Waals surface area (Å²) in [5.74, 6) is -0.342. The van der Waals surface area contributed by atoms with Crippen molar-refractivity contribution in [2.24, 2.45) is 5.10 Å². The Balaban J connectivity index is 2.20. The highest BCUT2D eigenvalue weighted by Crippen LogP contribution is 2.31. The highest BCUT2D eigenvalue weighted by Gasteiger charge is 2.18. The number of hydrogen-bond acceptors (Lipinski definition) is 6. The minimum atomic E-state index is -0.736. The van der Waals surface area contributed by atoms with Gasteiger partial charge in [0.25, 0.3) is 11.6 Å². The first-order chi connectivity index (χ1) is 11.4. The lowest BCUT2D eigenvalue weighted by atomic mass is 10.2. The van der Waals surface area contributed by atoms with E-state index < -0.39 is 10.8 Å². The summed E-state index contributed by atoms with van der Waals surface area (Å²) in [6.45, 7) is 0. The van der Waals surface area contributed by atoms with Crippen molar-refractivity contribution in [2.75, 3.05) is 7.11 Å². The van der Waals surface area contributed by atoms with Crippen LogP contribution in [0.4, 0.5) is 5.69 Å². The smallest absolute Gasteiger partial charge is 0.282 e. The highest BCUT2D eigenvalue weighted by molar-refractivity contribution is 9.10. The molecule has 0 heterocycles. The molecule has 0 aromatic heterocycles. The van der Waals surface area contributed by atoms with Gasteiger partial charge in [-0.15, -0.1) is 0 Å². The van der Waals surface area contributed by atoms with Crippen LogP contribution in [0.3, 0.4) is 0 Å². The van der Waals surface area contributed by atoms with E-state index in [-0.39, 0.29) is 17.0 Å². The normalized spacial score (nSPS) is 10.6. The van der Waals surface area contributed by atoms with E-state index in [0.717, 1.165) is 0 Å². The van der Waals surface area contributed by atoms with E-state index in [1.807, 2.05) is 0 Å². The average Bonchev–Trinajstić information content (AvgIpc) is 2.58. The molecule has 0 aliphatic carbocycles. The maximum absolute atomic E-state index is 12.0. The molecule has 2 aromatic rings. The van der Waals surface area contributed by atoms with Gasteiger partial charge in [0, 0.05) is 11.6 Å². The molecule has 0 aliphatic rings. The molecule has 8 nitrogen and oxygen atoms in total. The first-order valence-corrected chi connectivity index (χ1v) is 7.36. The number of phenolic OH excluding ortho intramolecular Hbond substituents is 1. The van der Waals surface area contributed by atoms with E-state index in [2.05, 4.69) is 26.5 Å². The standard InChI is InChI=1S/C15H12BrN3O5/c1-24-10-6-9(14(20)12(16)7-10)8-17-18-15(21)11-4-2-3-5-13(11)19(22)23/h2-8,20H,1H3,(H,18,21)/b17-8-. The molecule has 0 radical (unpaired) electrons. The SMILES string of the molecule is COc1cc(Br)c(O)c(/C=N\NC(=O)c2ccccc2[N+](=O)[O-])c1. The Bertz CT molecular complexity index is 823. The first-order valence-electron chi connectivity index (χ1n) is 6.57. The van der Waals surface area contributed by atoms with Gasteiger partial charge in [0.15, 0.2) is 0 Å². The van der Waals surface area contributed by atoms with Crippen LogP contribution in [0.2, 0.25) is 0 Å². The zero-order valence-corrected chi connectivity index (χ0v) is 14.0. The Morgan fingerprint density at radius 2 is 2.12 bits per heavy atom. The quantitative estimate of drug-likeness (QED) is 0.460. The molecule has 2 aromatic carbocycles. The van der Waals surface area contributed by atoms with Crippen LogP contribution in [0.25, 0.3) is 0 Å². The van der Waals surface area contributed by atoms with Gasteiger partial charge in [-0.3, -0.25) is 14.9 Å². The van der Waals surface area contributed by atoms with Crippen molar-refractivity contribution in [3.63, 3.8) is 0 Å². The maximum Gasteiger partial charge on any atom is 0.282 e. The number of nitro benzene ring substituents is 1. The number of ether oxygens (including phenoxy) is 1. The van der Waals surface area contributed by atoms with Gasteiger partial charge in [0.2, 0.25) is 0 Å². The van der Waals surface area contributed by atoms with E-state index in [1.54, 1.807) is 6.07 Å². The van der Waals surface area contributed by atoms with Crippen molar-refractivity contribution in [3.8, 4) is 11.5 Å². The highest BCUT2D eigenvalue weighted by atomic mass is 79.9. The van der Waals surface area contributed by atoms with Crippen molar-refractivity contribution in [1.29, 1.82) is 0 Å². The largest absolute Gasteiger partial charge is 0.506 e. The number of aromatic hydroxyl groups is 1. The summed E-state index contributed by atoms with van der Waals surface area (Å²) in [5.41, 5.74) is 2.04. The molecule has 0 unspecified atom stereocenters. The molecule has 124 valence electrons. The van der Waals surface area contributed by atoms with Crippen molar-refractivity contribution in [1.82, 2.24) is 5.43 Å².